The number of nitrogens with zero attached hydrogens (tertiary/aromatic N) is 1. The zero-order chi connectivity index (χ0) is 13.2. The predicted octanol–water partition coefficient (Wildman–Crippen LogP) is 1.38. The Morgan fingerprint density at radius 2 is 1.82 bits per heavy atom. The van der Waals surface area contributed by atoms with E-state index in [-0.39, 0.29) is 4.90 Å². The van der Waals surface area contributed by atoms with Gasteiger partial charge in [-0.1, -0.05) is 0 Å². The fourth-order valence-corrected chi connectivity index (χ4v) is 2.82. The highest BCUT2D eigenvalue weighted by Gasteiger charge is 2.29. The van der Waals surface area contributed by atoms with E-state index in [1.807, 2.05) is 0 Å². The second-order valence-electron chi connectivity index (χ2n) is 3.49. The van der Waals surface area contributed by atoms with Gasteiger partial charge in [0.25, 0.3) is 0 Å². The maximum Gasteiger partial charge on any atom is 0.321 e. The quantitative estimate of drug-likeness (QED) is 0.814. The number of carbonyl (C=O) groups is 1. The van der Waals surface area contributed by atoms with Gasteiger partial charge in [0.05, 0.1) is 4.90 Å². The van der Waals surface area contributed by atoms with E-state index in [0.29, 0.717) is 0 Å². The van der Waals surface area contributed by atoms with E-state index in [1.165, 1.54) is 26.1 Å². The molecule has 0 radical (unpaired) electrons. The van der Waals surface area contributed by atoms with Crippen LogP contribution in [0.25, 0.3) is 0 Å². The molecule has 0 aliphatic heterocycles. The average Bonchev–Trinajstić information content (AvgIpc) is 2.27. The molecule has 0 heterocycles. The van der Waals surface area contributed by atoms with Crippen molar-refractivity contribution < 1.29 is 18.3 Å². The molecule has 0 aliphatic carbocycles. The lowest BCUT2D eigenvalue weighted by Gasteiger charge is -2.20. The minimum atomic E-state index is -3.75. The Labute approximate surface area is 114 Å². The molecule has 0 aromatic heterocycles. The van der Waals surface area contributed by atoms with Crippen molar-refractivity contribution in [1.29, 1.82) is 0 Å². The first-order valence-electron chi connectivity index (χ1n) is 4.73. The minimum absolute atomic E-state index is 0.0912. The first-order chi connectivity index (χ1) is 7.76. The Kier molecular flexibility index (Phi) is 4.50. The molecule has 0 saturated heterocycles. The van der Waals surface area contributed by atoms with Crippen LogP contribution >= 0.6 is 22.6 Å². The number of aliphatic carboxylic acids is 1. The molecule has 94 valence electrons. The van der Waals surface area contributed by atoms with Crippen LogP contribution in [-0.2, 0) is 14.8 Å². The number of benzene rings is 1. The molecular weight excluding hydrogens is 357 g/mol. The molecule has 0 saturated carbocycles. The van der Waals surface area contributed by atoms with E-state index in [9.17, 15) is 13.2 Å². The van der Waals surface area contributed by atoms with Crippen LogP contribution in [0.4, 0.5) is 0 Å². The molecule has 1 N–H and O–H groups in total. The van der Waals surface area contributed by atoms with Gasteiger partial charge in [-0.2, -0.15) is 4.31 Å². The van der Waals surface area contributed by atoms with Gasteiger partial charge >= 0.3 is 5.97 Å². The number of carboxylic acids is 1. The number of hydrogen-bond acceptors (Lipinski definition) is 3. The lowest BCUT2D eigenvalue weighted by molar-refractivity contribution is -0.140. The van der Waals surface area contributed by atoms with Gasteiger partial charge in [-0.3, -0.25) is 4.79 Å². The molecule has 0 spiro atoms. The molecule has 0 bridgehead atoms. The largest absolute Gasteiger partial charge is 0.480 e. The molecule has 17 heavy (non-hydrogen) atoms. The molecular formula is C10H12INO4S. The summed E-state index contributed by atoms with van der Waals surface area (Å²) in [5, 5.41) is 8.80. The van der Waals surface area contributed by atoms with Crippen molar-refractivity contribution in [3.05, 3.63) is 27.8 Å². The summed E-state index contributed by atoms with van der Waals surface area (Å²) in [7, 11) is -2.49. The van der Waals surface area contributed by atoms with Gasteiger partial charge in [0.1, 0.15) is 6.04 Å². The van der Waals surface area contributed by atoms with Crippen molar-refractivity contribution in [2.24, 2.45) is 0 Å². The van der Waals surface area contributed by atoms with E-state index >= 15 is 0 Å². The Bertz CT molecular complexity index is 512. The fourth-order valence-electron chi connectivity index (χ4n) is 1.14. The van der Waals surface area contributed by atoms with Crippen LogP contribution in [0.5, 0.6) is 0 Å². The Balaban J connectivity index is 3.11. The van der Waals surface area contributed by atoms with Crippen molar-refractivity contribution in [2.75, 3.05) is 7.05 Å². The van der Waals surface area contributed by atoms with Gasteiger partial charge in [-0.05, 0) is 53.8 Å². The summed E-state index contributed by atoms with van der Waals surface area (Å²) in [5.41, 5.74) is 0. The van der Waals surface area contributed by atoms with E-state index in [0.717, 1.165) is 7.88 Å². The van der Waals surface area contributed by atoms with Crippen molar-refractivity contribution >= 4 is 38.6 Å². The monoisotopic (exact) mass is 369 g/mol. The van der Waals surface area contributed by atoms with Gasteiger partial charge in [0.15, 0.2) is 0 Å². The van der Waals surface area contributed by atoms with Crippen LogP contribution in [0.15, 0.2) is 29.2 Å². The summed E-state index contributed by atoms with van der Waals surface area (Å²) in [6.07, 6.45) is 0. The van der Waals surface area contributed by atoms with E-state index in [2.05, 4.69) is 22.6 Å². The summed E-state index contributed by atoms with van der Waals surface area (Å²) in [5.74, 6) is -1.18. The Morgan fingerprint density at radius 1 is 1.35 bits per heavy atom. The highest BCUT2D eigenvalue weighted by molar-refractivity contribution is 14.1. The molecule has 1 aromatic rings. The lowest BCUT2D eigenvalue weighted by Crippen LogP contribution is -2.40. The van der Waals surface area contributed by atoms with Gasteiger partial charge in [0.2, 0.25) is 10.0 Å². The van der Waals surface area contributed by atoms with E-state index in [4.69, 9.17) is 5.11 Å². The third-order valence-corrected chi connectivity index (χ3v) is 5.05. The normalized spacial score (nSPS) is 13.6. The van der Waals surface area contributed by atoms with Crippen molar-refractivity contribution in [1.82, 2.24) is 4.31 Å². The standard InChI is InChI=1S/C10H12INO4S/c1-7(10(13)14)12(2)17(15,16)9-5-3-8(11)4-6-9/h3-7H,1-2H3,(H,13,14). The molecule has 7 heteroatoms. The smallest absolute Gasteiger partial charge is 0.321 e. The number of sulfonamides is 1. The number of rotatable bonds is 4. The third kappa shape index (κ3) is 3.17. The summed E-state index contributed by atoms with van der Waals surface area (Å²) in [4.78, 5) is 10.9. The van der Waals surface area contributed by atoms with Crippen LogP contribution in [0.2, 0.25) is 0 Å². The first-order valence-corrected chi connectivity index (χ1v) is 7.25. The SMILES string of the molecule is CC(C(=O)O)N(C)S(=O)(=O)c1ccc(I)cc1. The average molecular weight is 369 g/mol. The van der Waals surface area contributed by atoms with Gasteiger partial charge in [-0.25, -0.2) is 8.42 Å². The summed E-state index contributed by atoms with van der Waals surface area (Å²) in [6, 6.07) is 5.14. The van der Waals surface area contributed by atoms with E-state index < -0.39 is 22.0 Å². The van der Waals surface area contributed by atoms with Gasteiger partial charge < -0.3 is 5.11 Å². The molecule has 5 nitrogen and oxygen atoms in total. The maximum atomic E-state index is 12.0. The number of carboxylic acid groups (broad SMARTS) is 1. The summed E-state index contributed by atoms with van der Waals surface area (Å²) < 4.78 is 25.9. The molecule has 0 aliphatic rings. The fraction of sp³-hybridized carbons (Fsp3) is 0.300. The second-order valence-corrected chi connectivity index (χ2v) is 6.73. The van der Waals surface area contributed by atoms with Crippen molar-refractivity contribution in [2.45, 2.75) is 17.9 Å². The summed E-state index contributed by atoms with van der Waals surface area (Å²) in [6.45, 7) is 1.33. The summed E-state index contributed by atoms with van der Waals surface area (Å²) >= 11 is 2.06. The highest BCUT2D eigenvalue weighted by Crippen LogP contribution is 2.17. The van der Waals surface area contributed by atoms with Crippen molar-refractivity contribution in [3.8, 4) is 0 Å². The predicted molar refractivity (Wildman–Crippen MR) is 71.2 cm³/mol. The van der Waals surface area contributed by atoms with Crippen LogP contribution in [0, 0.1) is 3.57 Å². The highest BCUT2D eigenvalue weighted by atomic mass is 127. The molecule has 0 fully saturated rings. The molecule has 1 rings (SSSR count). The van der Waals surface area contributed by atoms with E-state index in [1.54, 1.807) is 12.1 Å². The van der Waals surface area contributed by atoms with Crippen LogP contribution in [0.1, 0.15) is 6.92 Å². The zero-order valence-electron chi connectivity index (χ0n) is 9.29. The number of likely N-dealkylation sites (N-methyl/N-ethyl adjacent to an activating group) is 1. The first kappa shape index (κ1) is 14.4. The molecule has 1 atom stereocenters. The topological polar surface area (TPSA) is 74.7 Å². The number of hydrogen-bond donors (Lipinski definition) is 1. The Morgan fingerprint density at radius 3 is 2.24 bits per heavy atom. The lowest BCUT2D eigenvalue weighted by atomic mass is 10.4. The second kappa shape index (κ2) is 5.32. The molecule has 1 unspecified atom stereocenters. The third-order valence-electron chi connectivity index (χ3n) is 2.39. The maximum absolute atomic E-state index is 12.0. The van der Waals surface area contributed by atoms with Crippen LogP contribution in [0.3, 0.4) is 0 Å². The zero-order valence-corrected chi connectivity index (χ0v) is 12.3. The van der Waals surface area contributed by atoms with Crippen LogP contribution in [-0.4, -0.2) is 36.9 Å². The van der Waals surface area contributed by atoms with Crippen molar-refractivity contribution in [3.63, 3.8) is 0 Å². The van der Waals surface area contributed by atoms with Gasteiger partial charge in [0, 0.05) is 10.6 Å². The molecule has 1 aromatic carbocycles. The number of halogens is 1. The van der Waals surface area contributed by atoms with Crippen LogP contribution < -0.4 is 0 Å². The minimum Gasteiger partial charge on any atom is -0.480 e. The van der Waals surface area contributed by atoms with Gasteiger partial charge in [-0.15, -0.1) is 0 Å². The molecule has 0 amide bonds. The Hall–Kier alpha value is -0.670.